The fraction of sp³-hybridized carbons (Fsp3) is 0.176. The van der Waals surface area contributed by atoms with Gasteiger partial charge in [0.25, 0.3) is 5.91 Å². The molecule has 0 spiro atoms. The number of aryl methyl sites for hydroxylation is 2. The van der Waals surface area contributed by atoms with Gasteiger partial charge in [-0.15, -0.1) is 0 Å². The molecule has 25 heavy (non-hydrogen) atoms. The normalized spacial score (nSPS) is 10.9. The van der Waals surface area contributed by atoms with E-state index in [-0.39, 0.29) is 18.3 Å². The van der Waals surface area contributed by atoms with Gasteiger partial charge in [0.1, 0.15) is 11.5 Å². The Morgan fingerprint density at radius 2 is 1.92 bits per heavy atom. The van der Waals surface area contributed by atoms with Gasteiger partial charge in [-0.25, -0.2) is 5.43 Å². The highest BCUT2D eigenvalue weighted by molar-refractivity contribution is 9.11. The van der Waals surface area contributed by atoms with Crippen molar-refractivity contribution in [1.82, 2.24) is 5.43 Å². The molecule has 132 valence electrons. The summed E-state index contributed by atoms with van der Waals surface area (Å²) in [6.45, 7) is 3.85. The first-order valence-corrected chi connectivity index (χ1v) is 9.56. The van der Waals surface area contributed by atoms with Crippen molar-refractivity contribution in [1.29, 1.82) is 0 Å². The minimum absolute atomic E-state index is 0.0500. The summed E-state index contributed by atoms with van der Waals surface area (Å²) in [5.41, 5.74) is 5.24. The molecule has 8 heteroatoms. The van der Waals surface area contributed by atoms with E-state index >= 15 is 0 Å². The van der Waals surface area contributed by atoms with Gasteiger partial charge in [-0.3, -0.25) is 4.79 Å². The van der Waals surface area contributed by atoms with E-state index in [1.54, 1.807) is 6.07 Å². The van der Waals surface area contributed by atoms with E-state index in [0.717, 1.165) is 11.1 Å². The number of hydrogen-bond acceptors (Lipinski definition) is 4. The Labute approximate surface area is 170 Å². The average Bonchev–Trinajstić information content (AvgIpc) is 2.57. The number of phenolic OH excluding ortho intramolecular Hbond substituents is 1. The number of phenols is 1. The second-order valence-electron chi connectivity index (χ2n) is 5.24. The van der Waals surface area contributed by atoms with Crippen LogP contribution in [0, 0.1) is 13.8 Å². The number of carbonyl (C=O) groups is 1. The van der Waals surface area contributed by atoms with Gasteiger partial charge in [0.2, 0.25) is 0 Å². The van der Waals surface area contributed by atoms with Gasteiger partial charge in [0.15, 0.2) is 6.61 Å². The van der Waals surface area contributed by atoms with Crippen LogP contribution in [0.4, 0.5) is 0 Å². The molecular weight excluding hydrogens is 520 g/mol. The highest BCUT2D eigenvalue weighted by Gasteiger charge is 2.12. The number of hydrazone groups is 1. The van der Waals surface area contributed by atoms with E-state index in [2.05, 4.69) is 58.3 Å². The zero-order valence-corrected chi connectivity index (χ0v) is 18.2. The second-order valence-corrected chi connectivity index (χ2v) is 7.75. The van der Waals surface area contributed by atoms with E-state index in [4.69, 9.17) is 4.74 Å². The van der Waals surface area contributed by atoms with Gasteiger partial charge < -0.3 is 9.84 Å². The van der Waals surface area contributed by atoms with Crippen LogP contribution in [0.25, 0.3) is 0 Å². The summed E-state index contributed by atoms with van der Waals surface area (Å²) in [7, 11) is 0. The Kier molecular flexibility index (Phi) is 7.04. The number of aromatic hydroxyl groups is 1. The number of ether oxygens (including phenoxy) is 1. The SMILES string of the molecule is Cc1ccc(OCC(=O)N/N=C\c2c(Br)cc(Br)c(O)c2Br)cc1C. The predicted octanol–water partition coefficient (Wildman–Crippen LogP) is 4.83. The van der Waals surface area contributed by atoms with Crippen molar-refractivity contribution in [2.45, 2.75) is 13.8 Å². The molecular formula is C17H15Br3N2O3. The van der Waals surface area contributed by atoms with Crippen LogP contribution >= 0.6 is 47.8 Å². The summed E-state index contributed by atoms with van der Waals surface area (Å²) in [4.78, 5) is 11.8. The minimum Gasteiger partial charge on any atom is -0.506 e. The summed E-state index contributed by atoms with van der Waals surface area (Å²) >= 11 is 9.89. The van der Waals surface area contributed by atoms with Crippen molar-refractivity contribution in [2.24, 2.45) is 5.10 Å². The van der Waals surface area contributed by atoms with E-state index < -0.39 is 0 Å². The van der Waals surface area contributed by atoms with Crippen molar-refractivity contribution >= 4 is 59.9 Å². The average molecular weight is 535 g/mol. The lowest BCUT2D eigenvalue weighted by molar-refractivity contribution is -0.123. The van der Waals surface area contributed by atoms with E-state index in [0.29, 0.717) is 24.7 Å². The van der Waals surface area contributed by atoms with Crippen LogP contribution in [0.3, 0.4) is 0 Å². The number of halogens is 3. The largest absolute Gasteiger partial charge is 0.506 e. The second kappa shape index (κ2) is 8.82. The molecule has 0 aliphatic rings. The Balaban J connectivity index is 1.95. The molecule has 2 aromatic rings. The Hall–Kier alpha value is -1.38. The molecule has 0 aliphatic heterocycles. The molecule has 2 N–H and O–H groups in total. The quantitative estimate of drug-likeness (QED) is 0.426. The first-order valence-electron chi connectivity index (χ1n) is 7.18. The zero-order valence-electron chi connectivity index (χ0n) is 13.4. The third-order valence-electron chi connectivity index (χ3n) is 3.41. The number of carbonyl (C=O) groups excluding carboxylic acids is 1. The van der Waals surface area contributed by atoms with Crippen molar-refractivity contribution in [3.63, 3.8) is 0 Å². The number of benzene rings is 2. The van der Waals surface area contributed by atoms with Crippen molar-refractivity contribution in [2.75, 3.05) is 6.61 Å². The first kappa shape index (κ1) is 19.9. The van der Waals surface area contributed by atoms with Crippen LogP contribution in [-0.2, 0) is 4.79 Å². The van der Waals surface area contributed by atoms with Gasteiger partial charge in [-0.2, -0.15) is 5.10 Å². The molecule has 0 aromatic heterocycles. The number of amides is 1. The number of hydrogen-bond donors (Lipinski definition) is 2. The van der Waals surface area contributed by atoms with Gasteiger partial charge in [0.05, 0.1) is 15.2 Å². The third-order valence-corrected chi connectivity index (χ3v) is 5.48. The lowest BCUT2D eigenvalue weighted by atomic mass is 10.1. The highest BCUT2D eigenvalue weighted by Crippen LogP contribution is 2.38. The third kappa shape index (κ3) is 5.29. The molecule has 0 fully saturated rings. The molecule has 0 saturated carbocycles. The smallest absolute Gasteiger partial charge is 0.277 e. The standard InChI is InChI=1S/C17H15Br3N2O3/c1-9-3-4-11(5-10(9)2)25-8-15(23)22-21-7-12-13(18)6-14(19)17(24)16(12)20/h3-7,24H,8H2,1-2H3,(H,22,23)/b21-7-. The predicted molar refractivity (Wildman–Crippen MR) is 108 cm³/mol. The van der Waals surface area contributed by atoms with Crippen LogP contribution < -0.4 is 10.2 Å². The molecule has 0 heterocycles. The summed E-state index contributed by atoms with van der Waals surface area (Å²) < 4.78 is 7.13. The molecule has 2 aromatic carbocycles. The van der Waals surface area contributed by atoms with Crippen LogP contribution in [0.15, 0.2) is 42.8 Å². The van der Waals surface area contributed by atoms with E-state index in [1.807, 2.05) is 32.0 Å². The number of nitrogens with zero attached hydrogens (tertiary/aromatic N) is 1. The maximum Gasteiger partial charge on any atom is 0.277 e. The molecule has 0 bridgehead atoms. The van der Waals surface area contributed by atoms with Crippen LogP contribution in [0.5, 0.6) is 11.5 Å². The van der Waals surface area contributed by atoms with Gasteiger partial charge >= 0.3 is 0 Å². The van der Waals surface area contributed by atoms with Crippen LogP contribution in [-0.4, -0.2) is 23.8 Å². The Morgan fingerprint density at radius 3 is 2.60 bits per heavy atom. The molecule has 1 amide bonds. The molecule has 0 atom stereocenters. The summed E-state index contributed by atoms with van der Waals surface area (Å²) in [6, 6.07) is 7.32. The minimum atomic E-state index is -0.386. The molecule has 5 nitrogen and oxygen atoms in total. The van der Waals surface area contributed by atoms with Crippen molar-refractivity contribution in [3.8, 4) is 11.5 Å². The first-order chi connectivity index (χ1) is 11.8. The maximum absolute atomic E-state index is 11.8. The Bertz CT molecular complexity index is 838. The molecule has 0 unspecified atom stereocenters. The number of rotatable bonds is 5. The Morgan fingerprint density at radius 1 is 1.20 bits per heavy atom. The topological polar surface area (TPSA) is 70.9 Å². The lowest BCUT2D eigenvalue weighted by Crippen LogP contribution is -2.24. The fourth-order valence-electron chi connectivity index (χ4n) is 1.87. The highest BCUT2D eigenvalue weighted by atomic mass is 79.9. The summed E-state index contributed by atoms with van der Waals surface area (Å²) in [5, 5.41) is 13.8. The molecule has 2 rings (SSSR count). The zero-order chi connectivity index (χ0) is 18.6. The van der Waals surface area contributed by atoms with Crippen LogP contribution in [0.2, 0.25) is 0 Å². The molecule has 0 radical (unpaired) electrons. The van der Waals surface area contributed by atoms with Crippen molar-refractivity contribution < 1.29 is 14.6 Å². The molecule has 0 saturated heterocycles. The summed E-state index contributed by atoms with van der Waals surface area (Å²) in [6.07, 6.45) is 1.42. The lowest BCUT2D eigenvalue weighted by Gasteiger charge is -2.08. The maximum atomic E-state index is 11.8. The van der Waals surface area contributed by atoms with E-state index in [1.165, 1.54) is 6.21 Å². The van der Waals surface area contributed by atoms with Crippen LogP contribution in [0.1, 0.15) is 16.7 Å². The number of nitrogens with one attached hydrogen (secondary N) is 1. The monoisotopic (exact) mass is 532 g/mol. The van der Waals surface area contributed by atoms with Gasteiger partial charge in [0, 0.05) is 10.0 Å². The molecule has 0 aliphatic carbocycles. The van der Waals surface area contributed by atoms with Gasteiger partial charge in [-0.1, -0.05) is 22.0 Å². The van der Waals surface area contributed by atoms with Gasteiger partial charge in [-0.05, 0) is 75.0 Å². The van der Waals surface area contributed by atoms with E-state index in [9.17, 15) is 9.90 Å². The fourth-order valence-corrected chi connectivity index (χ4v) is 4.19. The summed E-state index contributed by atoms with van der Waals surface area (Å²) in [5.74, 6) is 0.294. The van der Waals surface area contributed by atoms with Crippen molar-refractivity contribution in [3.05, 3.63) is 54.4 Å².